The van der Waals surface area contributed by atoms with Gasteiger partial charge >= 0.3 is 6.01 Å². The van der Waals surface area contributed by atoms with Crippen LogP contribution in [0.25, 0.3) is 22.7 Å². The molecule has 0 bridgehead atoms. The molecule has 4 rings (SSSR count). The van der Waals surface area contributed by atoms with Gasteiger partial charge in [0.1, 0.15) is 17.9 Å². The lowest BCUT2D eigenvalue weighted by Crippen LogP contribution is -2.01. The first-order valence-electron chi connectivity index (χ1n) is 8.79. The maximum Gasteiger partial charge on any atom is 0.325 e. The van der Waals surface area contributed by atoms with Crippen molar-refractivity contribution in [2.45, 2.75) is 13.8 Å². The largest absolute Gasteiger partial charge is 0.486 e. The third kappa shape index (κ3) is 3.77. The molecule has 0 N–H and O–H groups in total. The fourth-order valence-electron chi connectivity index (χ4n) is 2.94. The molecule has 2 aromatic heterocycles. The van der Waals surface area contributed by atoms with Gasteiger partial charge in [-0.2, -0.15) is 4.98 Å². The summed E-state index contributed by atoms with van der Waals surface area (Å²) in [4.78, 5) is 23.2. The third-order valence-electron chi connectivity index (χ3n) is 4.17. The number of benzene rings is 2. The van der Waals surface area contributed by atoms with Gasteiger partial charge in [0.2, 0.25) is 5.89 Å². The highest BCUT2D eigenvalue weighted by atomic mass is 19.1. The van der Waals surface area contributed by atoms with Crippen LogP contribution in [0.4, 0.5) is 4.39 Å². The number of nitrogens with zero attached hydrogens (tertiary/aromatic N) is 3. The Morgan fingerprint density at radius 2 is 1.90 bits per heavy atom. The van der Waals surface area contributed by atoms with Gasteiger partial charge in [0.15, 0.2) is 17.9 Å². The summed E-state index contributed by atoms with van der Waals surface area (Å²) in [6, 6.07) is 9.63. The summed E-state index contributed by atoms with van der Waals surface area (Å²) in [7, 11) is 0. The molecule has 4 aromatic rings. The average molecular weight is 393 g/mol. The second kappa shape index (κ2) is 7.67. The number of carbonyl (C=O) groups excluding carboxylic acids is 1. The van der Waals surface area contributed by atoms with Gasteiger partial charge < -0.3 is 13.9 Å². The molecule has 7 nitrogen and oxygen atoms in total. The Morgan fingerprint density at radius 1 is 1.14 bits per heavy atom. The standard InChI is InChI=1S/C21H16FN3O4/c1-12-9-14(10-13(2)18(12)27-8-7-26)19-24-16-11-23-21(25-20(16)29-19)28-17-6-4-3-5-15(17)22/h3-7,9-11H,8H2,1-2H3. The Morgan fingerprint density at radius 3 is 2.62 bits per heavy atom. The van der Waals surface area contributed by atoms with Crippen molar-refractivity contribution in [1.29, 1.82) is 0 Å². The molecule has 2 aromatic carbocycles. The molecular formula is C21H16FN3O4. The minimum Gasteiger partial charge on any atom is -0.486 e. The zero-order chi connectivity index (χ0) is 20.4. The number of fused-ring (bicyclic) bond motifs is 1. The van der Waals surface area contributed by atoms with Crippen molar-refractivity contribution >= 4 is 17.5 Å². The molecule has 146 valence electrons. The summed E-state index contributed by atoms with van der Waals surface area (Å²) in [5, 5.41) is 0. The molecule has 0 fully saturated rings. The summed E-state index contributed by atoms with van der Waals surface area (Å²) in [5.74, 6) is 0.504. The van der Waals surface area contributed by atoms with Crippen LogP contribution in [0.1, 0.15) is 11.1 Å². The number of aldehydes is 1. The van der Waals surface area contributed by atoms with E-state index < -0.39 is 5.82 Å². The van der Waals surface area contributed by atoms with E-state index in [0.29, 0.717) is 23.4 Å². The van der Waals surface area contributed by atoms with E-state index in [2.05, 4.69) is 15.0 Å². The van der Waals surface area contributed by atoms with Gasteiger partial charge in [0.05, 0.1) is 6.20 Å². The zero-order valence-corrected chi connectivity index (χ0v) is 15.7. The monoisotopic (exact) mass is 393 g/mol. The van der Waals surface area contributed by atoms with Crippen molar-refractivity contribution in [3.05, 3.63) is 59.5 Å². The third-order valence-corrected chi connectivity index (χ3v) is 4.17. The van der Waals surface area contributed by atoms with Gasteiger partial charge in [-0.15, -0.1) is 0 Å². The van der Waals surface area contributed by atoms with Crippen LogP contribution >= 0.6 is 0 Å². The fourth-order valence-corrected chi connectivity index (χ4v) is 2.94. The highest BCUT2D eigenvalue weighted by Gasteiger charge is 2.15. The van der Waals surface area contributed by atoms with Crippen LogP contribution in [0.15, 0.2) is 47.0 Å². The number of aryl methyl sites for hydroxylation is 2. The molecule has 0 aliphatic rings. The van der Waals surface area contributed by atoms with Crippen molar-refractivity contribution in [2.75, 3.05) is 6.61 Å². The van der Waals surface area contributed by atoms with E-state index >= 15 is 0 Å². The summed E-state index contributed by atoms with van der Waals surface area (Å²) in [6.45, 7) is 3.74. The Labute approximate surface area is 165 Å². The lowest BCUT2D eigenvalue weighted by atomic mass is 10.1. The number of hydrogen-bond donors (Lipinski definition) is 0. The lowest BCUT2D eigenvalue weighted by Gasteiger charge is -2.11. The second-order valence-electron chi connectivity index (χ2n) is 6.31. The molecule has 29 heavy (non-hydrogen) atoms. The van der Waals surface area contributed by atoms with Crippen LogP contribution in [0.3, 0.4) is 0 Å². The Balaban J connectivity index is 1.66. The number of oxazole rings is 1. The minimum atomic E-state index is -0.516. The number of para-hydroxylation sites is 1. The van der Waals surface area contributed by atoms with Gasteiger partial charge in [0, 0.05) is 5.56 Å². The van der Waals surface area contributed by atoms with Crippen LogP contribution in [0, 0.1) is 19.7 Å². The minimum absolute atomic E-state index is 0.00963. The van der Waals surface area contributed by atoms with Crippen LogP contribution in [0.5, 0.6) is 17.5 Å². The maximum atomic E-state index is 13.8. The maximum absolute atomic E-state index is 13.8. The molecule has 0 radical (unpaired) electrons. The predicted octanol–water partition coefficient (Wildman–Crippen LogP) is 4.41. The molecular weight excluding hydrogens is 377 g/mol. The van der Waals surface area contributed by atoms with Crippen LogP contribution in [-0.4, -0.2) is 27.8 Å². The molecule has 2 heterocycles. The molecule has 0 amide bonds. The first kappa shape index (κ1) is 18.5. The van der Waals surface area contributed by atoms with Crippen LogP contribution < -0.4 is 9.47 Å². The van der Waals surface area contributed by atoms with Crippen LogP contribution in [-0.2, 0) is 4.79 Å². The topological polar surface area (TPSA) is 87.3 Å². The van der Waals surface area contributed by atoms with E-state index in [-0.39, 0.29) is 24.1 Å². The van der Waals surface area contributed by atoms with Crippen LogP contribution in [0.2, 0.25) is 0 Å². The van der Waals surface area contributed by atoms with Gasteiger partial charge in [-0.3, -0.25) is 4.79 Å². The van der Waals surface area contributed by atoms with Gasteiger partial charge in [-0.1, -0.05) is 12.1 Å². The van der Waals surface area contributed by atoms with E-state index in [1.54, 1.807) is 12.1 Å². The second-order valence-corrected chi connectivity index (χ2v) is 6.31. The van der Waals surface area contributed by atoms with E-state index in [1.807, 2.05) is 26.0 Å². The number of ether oxygens (including phenoxy) is 2. The van der Waals surface area contributed by atoms with Crippen molar-refractivity contribution in [3.63, 3.8) is 0 Å². The van der Waals surface area contributed by atoms with E-state index in [0.717, 1.165) is 16.7 Å². The molecule has 0 saturated carbocycles. The predicted molar refractivity (Wildman–Crippen MR) is 103 cm³/mol. The summed E-state index contributed by atoms with van der Waals surface area (Å²) >= 11 is 0. The van der Waals surface area contributed by atoms with Crippen molar-refractivity contribution < 1.29 is 23.1 Å². The molecule has 0 saturated heterocycles. The summed E-state index contributed by atoms with van der Waals surface area (Å²) in [5.41, 5.74) is 3.08. The van der Waals surface area contributed by atoms with Crippen molar-refractivity contribution in [2.24, 2.45) is 0 Å². The average Bonchev–Trinajstić information content (AvgIpc) is 3.12. The molecule has 0 atom stereocenters. The van der Waals surface area contributed by atoms with E-state index in [1.165, 1.54) is 18.3 Å². The number of aromatic nitrogens is 3. The highest BCUT2D eigenvalue weighted by Crippen LogP contribution is 2.31. The Bertz CT molecular complexity index is 1180. The molecule has 0 aliphatic heterocycles. The molecule has 0 spiro atoms. The normalized spacial score (nSPS) is 10.9. The zero-order valence-electron chi connectivity index (χ0n) is 15.7. The first-order valence-corrected chi connectivity index (χ1v) is 8.79. The lowest BCUT2D eigenvalue weighted by molar-refractivity contribution is -0.109. The van der Waals surface area contributed by atoms with Crippen molar-refractivity contribution in [3.8, 4) is 29.0 Å². The van der Waals surface area contributed by atoms with Gasteiger partial charge in [-0.25, -0.2) is 14.4 Å². The van der Waals surface area contributed by atoms with E-state index in [4.69, 9.17) is 13.9 Å². The molecule has 8 heteroatoms. The fraction of sp³-hybridized carbons (Fsp3) is 0.143. The highest BCUT2D eigenvalue weighted by molar-refractivity contribution is 5.73. The smallest absolute Gasteiger partial charge is 0.325 e. The molecule has 0 unspecified atom stereocenters. The van der Waals surface area contributed by atoms with E-state index in [9.17, 15) is 9.18 Å². The Kier molecular flexibility index (Phi) is 4.90. The quantitative estimate of drug-likeness (QED) is 0.448. The molecule has 0 aliphatic carbocycles. The van der Waals surface area contributed by atoms with Gasteiger partial charge in [-0.05, 0) is 49.2 Å². The number of halogens is 1. The number of hydrogen-bond acceptors (Lipinski definition) is 7. The Hall–Kier alpha value is -3.81. The summed E-state index contributed by atoms with van der Waals surface area (Å²) in [6.07, 6.45) is 2.15. The first-order chi connectivity index (χ1) is 14.0. The van der Waals surface area contributed by atoms with Crippen molar-refractivity contribution in [1.82, 2.24) is 15.0 Å². The number of carbonyl (C=O) groups is 1. The summed E-state index contributed by atoms with van der Waals surface area (Å²) < 4.78 is 30.4. The number of rotatable bonds is 6. The SMILES string of the molecule is Cc1cc(-c2nc3cnc(Oc4ccccc4F)nc3o2)cc(C)c1OCC=O. The van der Waals surface area contributed by atoms with Gasteiger partial charge in [0.25, 0.3) is 5.71 Å².